The fourth-order valence-corrected chi connectivity index (χ4v) is 1.13. The highest BCUT2D eigenvalue weighted by atomic mass is 16.3. The summed E-state index contributed by atoms with van der Waals surface area (Å²) in [5, 5.41) is 20.2. The molecular formula is C10H13O2. The molecule has 1 N–H and O–H groups in total. The maximum atomic E-state index is 10.9. The third-order valence-electron chi connectivity index (χ3n) is 1.85. The van der Waals surface area contributed by atoms with Gasteiger partial charge in [-0.1, -0.05) is 13.3 Å². The van der Waals surface area contributed by atoms with Crippen LogP contribution in [0, 0.1) is 0 Å². The number of phenolic OH excluding ortho intramolecular Hbond substituents is 1. The Labute approximate surface area is 72.5 Å². The van der Waals surface area contributed by atoms with Gasteiger partial charge in [-0.3, -0.25) is 5.11 Å². The first-order valence-corrected chi connectivity index (χ1v) is 4.23. The summed E-state index contributed by atoms with van der Waals surface area (Å²) in [6.45, 7) is 2.08. The molecule has 0 saturated carbocycles. The molecule has 0 aromatic heterocycles. The summed E-state index contributed by atoms with van der Waals surface area (Å²) in [5.74, 6) is 0.210. The van der Waals surface area contributed by atoms with Crippen molar-refractivity contribution in [3.8, 4) is 11.5 Å². The lowest BCUT2D eigenvalue weighted by molar-refractivity contribution is 0.352. The molecule has 1 aromatic carbocycles. The number of hydrogen-bond donors (Lipinski definition) is 1. The third-order valence-corrected chi connectivity index (χ3v) is 1.85. The van der Waals surface area contributed by atoms with Crippen LogP contribution in [0.3, 0.4) is 0 Å². The number of hydrogen-bond acceptors (Lipinski definition) is 1. The molecule has 2 heteroatoms. The summed E-state index contributed by atoms with van der Waals surface area (Å²) in [6, 6.07) is 4.35. The van der Waals surface area contributed by atoms with Gasteiger partial charge in [0.1, 0.15) is 5.75 Å². The fraction of sp³-hybridized carbons (Fsp3) is 0.400. The molecule has 0 aliphatic carbocycles. The van der Waals surface area contributed by atoms with E-state index in [2.05, 4.69) is 6.92 Å². The van der Waals surface area contributed by atoms with Crippen molar-refractivity contribution in [1.82, 2.24) is 0 Å². The second-order valence-electron chi connectivity index (χ2n) is 2.89. The Morgan fingerprint density at radius 2 is 2.17 bits per heavy atom. The third kappa shape index (κ3) is 2.16. The molecule has 12 heavy (non-hydrogen) atoms. The second kappa shape index (κ2) is 4.00. The van der Waals surface area contributed by atoms with Gasteiger partial charge in [-0.05, 0) is 36.6 Å². The van der Waals surface area contributed by atoms with Crippen molar-refractivity contribution in [3.63, 3.8) is 0 Å². The molecule has 0 amide bonds. The van der Waals surface area contributed by atoms with Crippen molar-refractivity contribution in [1.29, 1.82) is 0 Å². The minimum atomic E-state index is -0.0288. The van der Waals surface area contributed by atoms with Crippen LogP contribution in [-0.4, -0.2) is 5.11 Å². The average molecular weight is 165 g/mol. The van der Waals surface area contributed by atoms with E-state index in [1.165, 1.54) is 18.2 Å². The number of benzene rings is 1. The van der Waals surface area contributed by atoms with Gasteiger partial charge >= 0.3 is 0 Å². The van der Waals surface area contributed by atoms with Crippen molar-refractivity contribution >= 4 is 0 Å². The lowest BCUT2D eigenvalue weighted by Gasteiger charge is -2.02. The predicted octanol–water partition coefficient (Wildman–Crippen LogP) is 2.88. The lowest BCUT2D eigenvalue weighted by Crippen LogP contribution is -1.84. The summed E-state index contributed by atoms with van der Waals surface area (Å²) < 4.78 is 0. The maximum absolute atomic E-state index is 10.9. The molecule has 0 spiro atoms. The van der Waals surface area contributed by atoms with Crippen LogP contribution in [0.5, 0.6) is 11.5 Å². The quantitative estimate of drug-likeness (QED) is 0.735. The first-order valence-electron chi connectivity index (χ1n) is 4.23. The molecule has 1 rings (SSSR count). The van der Waals surface area contributed by atoms with Crippen molar-refractivity contribution < 1.29 is 10.2 Å². The Balaban J connectivity index is 2.75. The van der Waals surface area contributed by atoms with Gasteiger partial charge < -0.3 is 5.11 Å². The minimum Gasteiger partial charge on any atom is -0.508 e. The number of rotatable bonds is 3. The van der Waals surface area contributed by atoms with Crippen LogP contribution in [-0.2, 0) is 11.5 Å². The fourth-order valence-electron chi connectivity index (χ4n) is 1.13. The smallest absolute Gasteiger partial charge is 0.179 e. The predicted molar refractivity (Wildman–Crippen MR) is 46.9 cm³/mol. The monoisotopic (exact) mass is 165 g/mol. The Hall–Kier alpha value is -1.18. The summed E-state index contributed by atoms with van der Waals surface area (Å²) in [5.41, 5.74) is 0.768. The molecule has 0 saturated heterocycles. The standard InChI is InChI=1S/C10H13O2/c1-2-3-4-8-7-9(11)5-6-10(8)12/h5-7,12H,2-4H2,1H3. The van der Waals surface area contributed by atoms with Crippen LogP contribution < -0.4 is 0 Å². The SMILES string of the molecule is CCCCc1cc([O])ccc1O. The average Bonchev–Trinajstić information content (AvgIpc) is 2.07. The van der Waals surface area contributed by atoms with Crippen LogP contribution in [0.2, 0.25) is 0 Å². The number of aryl methyl sites for hydroxylation is 1. The molecular weight excluding hydrogens is 152 g/mol. The van der Waals surface area contributed by atoms with Gasteiger partial charge in [-0.15, -0.1) is 0 Å². The molecule has 1 aromatic rings. The Morgan fingerprint density at radius 1 is 1.42 bits per heavy atom. The zero-order valence-electron chi connectivity index (χ0n) is 7.21. The minimum absolute atomic E-state index is 0.0288. The highest BCUT2D eigenvalue weighted by molar-refractivity contribution is 5.38. The number of unbranched alkanes of at least 4 members (excludes halogenated alkanes) is 1. The Morgan fingerprint density at radius 3 is 2.83 bits per heavy atom. The lowest BCUT2D eigenvalue weighted by atomic mass is 10.1. The van der Waals surface area contributed by atoms with Crippen LogP contribution in [0.25, 0.3) is 0 Å². The van der Waals surface area contributed by atoms with Crippen LogP contribution in [0.15, 0.2) is 18.2 Å². The highest BCUT2D eigenvalue weighted by Gasteiger charge is 2.01. The van der Waals surface area contributed by atoms with E-state index in [1.54, 1.807) is 0 Å². The van der Waals surface area contributed by atoms with Gasteiger partial charge in [0.05, 0.1) is 0 Å². The molecule has 65 valence electrons. The molecule has 0 aliphatic rings. The molecule has 0 heterocycles. The van der Waals surface area contributed by atoms with Gasteiger partial charge in [-0.2, -0.15) is 0 Å². The number of phenols is 1. The zero-order chi connectivity index (χ0) is 8.97. The molecule has 0 atom stereocenters. The molecule has 0 fully saturated rings. The first kappa shape index (κ1) is 8.91. The molecule has 1 radical (unpaired) electrons. The molecule has 0 unspecified atom stereocenters. The Bertz CT molecular complexity index is 256. The van der Waals surface area contributed by atoms with Gasteiger partial charge in [0.2, 0.25) is 0 Å². The van der Waals surface area contributed by atoms with E-state index >= 15 is 0 Å². The van der Waals surface area contributed by atoms with Crippen LogP contribution in [0.1, 0.15) is 25.3 Å². The molecule has 0 bridgehead atoms. The van der Waals surface area contributed by atoms with Crippen molar-refractivity contribution in [2.75, 3.05) is 0 Å². The van der Waals surface area contributed by atoms with E-state index in [0.29, 0.717) is 0 Å². The van der Waals surface area contributed by atoms with E-state index in [0.717, 1.165) is 24.8 Å². The molecule has 0 aliphatic heterocycles. The van der Waals surface area contributed by atoms with Gasteiger partial charge in [-0.25, -0.2) is 0 Å². The highest BCUT2D eigenvalue weighted by Crippen LogP contribution is 2.23. The van der Waals surface area contributed by atoms with E-state index in [9.17, 15) is 10.2 Å². The van der Waals surface area contributed by atoms with Crippen molar-refractivity contribution in [2.24, 2.45) is 0 Å². The van der Waals surface area contributed by atoms with Gasteiger partial charge in [0.15, 0.2) is 5.75 Å². The first-order chi connectivity index (χ1) is 5.74. The van der Waals surface area contributed by atoms with E-state index in [-0.39, 0.29) is 11.5 Å². The normalized spacial score (nSPS) is 10.1. The Kier molecular flexibility index (Phi) is 2.97. The summed E-state index contributed by atoms with van der Waals surface area (Å²) in [7, 11) is 0. The van der Waals surface area contributed by atoms with Crippen LogP contribution in [0.4, 0.5) is 0 Å². The second-order valence-corrected chi connectivity index (χ2v) is 2.89. The van der Waals surface area contributed by atoms with E-state index in [1.807, 2.05) is 0 Å². The molecule has 2 nitrogen and oxygen atoms in total. The van der Waals surface area contributed by atoms with Crippen LogP contribution >= 0.6 is 0 Å². The number of aromatic hydroxyl groups is 1. The summed E-state index contributed by atoms with van der Waals surface area (Å²) in [4.78, 5) is 0. The summed E-state index contributed by atoms with van der Waals surface area (Å²) >= 11 is 0. The van der Waals surface area contributed by atoms with E-state index in [4.69, 9.17) is 0 Å². The van der Waals surface area contributed by atoms with Gasteiger partial charge in [0, 0.05) is 0 Å². The summed E-state index contributed by atoms with van der Waals surface area (Å²) in [6.07, 6.45) is 2.87. The van der Waals surface area contributed by atoms with E-state index < -0.39 is 0 Å². The maximum Gasteiger partial charge on any atom is 0.179 e. The van der Waals surface area contributed by atoms with Gasteiger partial charge in [0.25, 0.3) is 0 Å². The largest absolute Gasteiger partial charge is 0.508 e. The zero-order valence-corrected chi connectivity index (χ0v) is 7.21. The van der Waals surface area contributed by atoms with Crippen molar-refractivity contribution in [2.45, 2.75) is 26.2 Å². The topological polar surface area (TPSA) is 40.1 Å². The van der Waals surface area contributed by atoms with Crippen molar-refractivity contribution in [3.05, 3.63) is 23.8 Å².